The van der Waals surface area contributed by atoms with Gasteiger partial charge < -0.3 is 14.4 Å². The number of methoxy groups -OCH3 is 1. The first kappa shape index (κ1) is 16.0. The molecule has 2 aliphatic heterocycles. The van der Waals surface area contributed by atoms with Gasteiger partial charge >= 0.3 is 0 Å². The maximum absolute atomic E-state index is 9.80. The zero-order valence-corrected chi connectivity index (χ0v) is 16.1. The van der Waals surface area contributed by atoms with E-state index in [2.05, 4.69) is 36.2 Å². The van der Waals surface area contributed by atoms with Gasteiger partial charge in [-0.05, 0) is 74.7 Å². The van der Waals surface area contributed by atoms with Crippen LogP contribution >= 0.6 is 0 Å². The fraction of sp³-hybridized carbons (Fsp3) is 0.609. The number of likely N-dealkylation sites (N-methyl/N-ethyl adjacent to an activating group) is 1. The molecule has 5 aliphatic rings. The number of hydrogen-bond acceptors (Lipinski definition) is 4. The molecule has 2 fully saturated rings. The Hall–Kier alpha value is -1.99. The minimum absolute atomic E-state index is 0.0777. The molecule has 4 heteroatoms. The Morgan fingerprint density at radius 2 is 2.26 bits per heavy atom. The minimum Gasteiger partial charge on any atom is -0.493 e. The van der Waals surface area contributed by atoms with E-state index in [1.807, 2.05) is 0 Å². The second-order valence-electron chi connectivity index (χ2n) is 9.14. The summed E-state index contributed by atoms with van der Waals surface area (Å²) in [5.41, 5.74) is 4.39. The normalized spacial score (nSPS) is 40.9. The van der Waals surface area contributed by atoms with Gasteiger partial charge in [0.2, 0.25) is 0 Å². The van der Waals surface area contributed by atoms with Crippen molar-refractivity contribution in [3.63, 3.8) is 0 Å². The van der Waals surface area contributed by atoms with Crippen LogP contribution in [0.25, 0.3) is 0 Å². The molecule has 0 amide bonds. The van der Waals surface area contributed by atoms with Crippen LogP contribution in [0.15, 0.2) is 23.8 Å². The zero-order valence-electron chi connectivity index (χ0n) is 16.1. The molecular weight excluding hydrogens is 336 g/mol. The van der Waals surface area contributed by atoms with Gasteiger partial charge in [-0.25, -0.2) is 0 Å². The monoisotopic (exact) mass is 362 g/mol. The molecule has 4 nitrogen and oxygen atoms in total. The molecule has 3 aliphatic carbocycles. The summed E-state index contributed by atoms with van der Waals surface area (Å²) in [5, 5.41) is 9.80. The average Bonchev–Trinajstić information content (AvgIpc) is 3.04. The van der Waals surface area contributed by atoms with Crippen LogP contribution in [0.5, 0.6) is 11.5 Å². The topological polar surface area (TPSA) is 45.5 Å². The predicted molar refractivity (Wildman–Crippen MR) is 102 cm³/mol. The number of hydrogen-bond donors (Lipinski definition) is 0. The third-order valence-electron chi connectivity index (χ3n) is 8.34. The number of benzene rings is 1. The quantitative estimate of drug-likeness (QED) is 0.718. The molecule has 0 aromatic heterocycles. The van der Waals surface area contributed by atoms with Crippen LogP contribution < -0.4 is 9.47 Å². The van der Waals surface area contributed by atoms with Gasteiger partial charge in [0.25, 0.3) is 0 Å². The zero-order chi connectivity index (χ0) is 18.3. The summed E-state index contributed by atoms with van der Waals surface area (Å²) in [4.78, 5) is 2.57. The van der Waals surface area contributed by atoms with Gasteiger partial charge in [-0.15, -0.1) is 0 Å². The lowest BCUT2D eigenvalue weighted by atomic mass is 9.48. The van der Waals surface area contributed by atoms with Gasteiger partial charge in [0, 0.05) is 17.0 Å². The molecular formula is C23H26N2O2. The van der Waals surface area contributed by atoms with E-state index < -0.39 is 0 Å². The number of rotatable bonds is 1. The second kappa shape index (κ2) is 5.29. The maximum atomic E-state index is 9.80. The van der Waals surface area contributed by atoms with E-state index in [0.717, 1.165) is 50.1 Å². The third-order valence-corrected chi connectivity index (χ3v) is 8.34. The van der Waals surface area contributed by atoms with E-state index in [9.17, 15) is 5.26 Å². The number of fused-ring (bicyclic) bond motifs is 2. The van der Waals surface area contributed by atoms with E-state index in [0.29, 0.717) is 17.9 Å². The van der Waals surface area contributed by atoms with Crippen molar-refractivity contribution in [1.82, 2.24) is 4.90 Å². The van der Waals surface area contributed by atoms with Crippen LogP contribution in [-0.4, -0.2) is 37.7 Å². The molecule has 0 radical (unpaired) electrons. The average molecular weight is 362 g/mol. The molecule has 1 saturated carbocycles. The Morgan fingerprint density at radius 1 is 1.37 bits per heavy atom. The lowest BCUT2D eigenvalue weighted by Gasteiger charge is -2.60. The Kier molecular flexibility index (Phi) is 3.14. The van der Waals surface area contributed by atoms with E-state index >= 15 is 0 Å². The van der Waals surface area contributed by atoms with Crippen molar-refractivity contribution < 1.29 is 9.47 Å². The highest BCUT2D eigenvalue weighted by atomic mass is 16.5. The molecule has 1 spiro atoms. The molecule has 0 N–H and O–H groups in total. The number of likely N-dealkylation sites (tertiary alicyclic amines) is 1. The van der Waals surface area contributed by atoms with Crippen molar-refractivity contribution in [2.75, 3.05) is 20.7 Å². The molecule has 140 valence electrons. The third kappa shape index (κ3) is 1.77. The molecule has 1 aromatic carbocycles. The molecule has 2 heterocycles. The van der Waals surface area contributed by atoms with Crippen molar-refractivity contribution in [3.05, 3.63) is 34.9 Å². The first-order chi connectivity index (χ1) is 13.2. The summed E-state index contributed by atoms with van der Waals surface area (Å²) in [5.74, 6) is 2.94. The lowest BCUT2D eigenvalue weighted by Crippen LogP contribution is -2.65. The van der Waals surface area contributed by atoms with Crippen molar-refractivity contribution in [3.8, 4) is 17.6 Å². The van der Waals surface area contributed by atoms with Crippen molar-refractivity contribution in [1.29, 1.82) is 5.26 Å². The molecule has 6 rings (SSSR count). The van der Waals surface area contributed by atoms with Gasteiger partial charge in [-0.3, -0.25) is 0 Å². The van der Waals surface area contributed by atoms with Crippen LogP contribution in [0.2, 0.25) is 0 Å². The van der Waals surface area contributed by atoms with Crippen LogP contribution in [0.3, 0.4) is 0 Å². The van der Waals surface area contributed by atoms with Crippen molar-refractivity contribution >= 4 is 0 Å². The number of ether oxygens (including phenoxy) is 2. The van der Waals surface area contributed by atoms with Crippen LogP contribution in [0.1, 0.15) is 36.8 Å². The molecule has 2 bridgehead atoms. The molecule has 1 saturated heterocycles. The second-order valence-corrected chi connectivity index (χ2v) is 9.14. The summed E-state index contributed by atoms with van der Waals surface area (Å²) in [6, 6.07) is 7.54. The summed E-state index contributed by atoms with van der Waals surface area (Å²) in [6.45, 7) is 1.12. The first-order valence-electron chi connectivity index (χ1n) is 10.4. The van der Waals surface area contributed by atoms with Gasteiger partial charge in [0.15, 0.2) is 11.5 Å². The highest BCUT2D eigenvalue weighted by molar-refractivity contribution is 5.63. The summed E-state index contributed by atoms with van der Waals surface area (Å²) in [6.07, 6.45) is 7.88. The van der Waals surface area contributed by atoms with Gasteiger partial charge in [0.1, 0.15) is 6.10 Å². The Bertz CT molecular complexity index is 900. The van der Waals surface area contributed by atoms with E-state index in [-0.39, 0.29) is 17.4 Å². The number of piperidine rings is 1. The van der Waals surface area contributed by atoms with Gasteiger partial charge in [-0.2, -0.15) is 5.26 Å². The lowest BCUT2D eigenvalue weighted by molar-refractivity contribution is -0.0403. The number of allylic oxidation sites excluding steroid dienone is 1. The highest BCUT2D eigenvalue weighted by Gasteiger charge is 2.66. The molecule has 1 aromatic rings. The number of nitriles is 1. The van der Waals surface area contributed by atoms with E-state index in [1.165, 1.54) is 16.7 Å². The Balaban J connectivity index is 1.61. The van der Waals surface area contributed by atoms with E-state index in [1.54, 1.807) is 7.11 Å². The van der Waals surface area contributed by atoms with Crippen LogP contribution in [0, 0.1) is 29.1 Å². The molecule has 27 heavy (non-hydrogen) atoms. The minimum atomic E-state index is 0.0777. The Morgan fingerprint density at radius 3 is 3.07 bits per heavy atom. The largest absolute Gasteiger partial charge is 0.493 e. The smallest absolute Gasteiger partial charge is 0.166 e. The summed E-state index contributed by atoms with van der Waals surface area (Å²) in [7, 11) is 4.03. The summed E-state index contributed by atoms with van der Waals surface area (Å²) >= 11 is 0. The van der Waals surface area contributed by atoms with Gasteiger partial charge in [0.05, 0.1) is 19.1 Å². The standard InChI is InChI=1S/C23H26N2O2/c1-25-9-8-23-17-11-16-14(12-24)4-3-5-15(16)22(23)27-21-19(26-2)7-6-13(20(21)23)10-18(17)25/h5-7,14,16-18,22H,3-4,8-11H2,1-2H3/t14-,16-,17-,18+,22-,23-/m0/s1. The SMILES string of the molecule is COc1ccc2c3c1O[C@H]1C4=CCC[C@@H](C#N)[C@@H]4C[C@H]4[C@@H](C2)N(C)CC[C@]314. The fourth-order valence-corrected chi connectivity index (χ4v) is 7.22. The highest BCUT2D eigenvalue weighted by Crippen LogP contribution is 2.66. The first-order valence-corrected chi connectivity index (χ1v) is 10.4. The van der Waals surface area contributed by atoms with E-state index in [4.69, 9.17) is 9.47 Å². The van der Waals surface area contributed by atoms with Gasteiger partial charge in [-0.1, -0.05) is 12.1 Å². The Labute approximate surface area is 160 Å². The molecule has 0 unspecified atom stereocenters. The van der Waals surface area contributed by atoms with Crippen LogP contribution in [0.4, 0.5) is 0 Å². The number of nitrogens with zero attached hydrogens (tertiary/aromatic N) is 2. The fourth-order valence-electron chi connectivity index (χ4n) is 7.22. The van der Waals surface area contributed by atoms with Crippen LogP contribution in [-0.2, 0) is 11.8 Å². The van der Waals surface area contributed by atoms with Crippen molar-refractivity contribution in [2.45, 2.75) is 49.7 Å². The predicted octanol–water partition coefficient (Wildman–Crippen LogP) is 3.45. The maximum Gasteiger partial charge on any atom is 0.166 e. The molecule has 6 atom stereocenters. The van der Waals surface area contributed by atoms with Crippen molar-refractivity contribution in [2.24, 2.45) is 17.8 Å². The summed E-state index contributed by atoms with van der Waals surface area (Å²) < 4.78 is 12.5.